The second-order valence-corrected chi connectivity index (χ2v) is 10.6. The largest absolute Gasteiger partial charge is 0.346 e. The Morgan fingerprint density at radius 1 is 1.00 bits per heavy atom. The van der Waals surface area contributed by atoms with Gasteiger partial charge in [0.1, 0.15) is 5.78 Å². The SMILES string of the molecule is CC(=O)[C@@H](NC(=O)[C@@H](CC(=O)CCCCc1nnnn1C(C)(C)c1ccccc1)C(C)C)C(C)C. The molecular formula is C27H41N5O3. The molecule has 1 N–H and O–H groups in total. The molecular weight excluding hydrogens is 442 g/mol. The summed E-state index contributed by atoms with van der Waals surface area (Å²) in [5.41, 5.74) is 0.729. The zero-order valence-electron chi connectivity index (χ0n) is 22.2. The molecule has 0 aliphatic heterocycles. The fraction of sp³-hybridized carbons (Fsp3) is 0.630. The minimum atomic E-state index is -0.523. The van der Waals surface area contributed by atoms with Gasteiger partial charge in [0.2, 0.25) is 5.91 Å². The van der Waals surface area contributed by atoms with Gasteiger partial charge < -0.3 is 5.32 Å². The van der Waals surface area contributed by atoms with E-state index in [1.807, 2.05) is 50.6 Å². The first-order valence-corrected chi connectivity index (χ1v) is 12.6. The molecule has 2 rings (SSSR count). The van der Waals surface area contributed by atoms with Gasteiger partial charge >= 0.3 is 0 Å². The Bertz CT molecular complexity index is 982. The number of amides is 1. The highest BCUT2D eigenvalue weighted by Gasteiger charge is 2.30. The molecule has 0 fully saturated rings. The van der Waals surface area contributed by atoms with Crippen molar-refractivity contribution in [3.63, 3.8) is 0 Å². The molecule has 2 atom stereocenters. The van der Waals surface area contributed by atoms with Crippen molar-refractivity contribution in [2.45, 2.75) is 92.2 Å². The molecule has 8 heteroatoms. The Hall–Kier alpha value is -2.90. The maximum atomic E-state index is 12.8. The van der Waals surface area contributed by atoms with Crippen molar-refractivity contribution in [2.24, 2.45) is 17.8 Å². The molecule has 192 valence electrons. The third kappa shape index (κ3) is 7.80. The Labute approximate surface area is 209 Å². The Kier molecular flexibility index (Phi) is 10.3. The summed E-state index contributed by atoms with van der Waals surface area (Å²) in [4.78, 5) is 37.4. The monoisotopic (exact) mass is 483 g/mol. The van der Waals surface area contributed by atoms with Gasteiger partial charge in [-0.05, 0) is 61.4 Å². The molecule has 0 aliphatic rings. The maximum absolute atomic E-state index is 12.8. The summed E-state index contributed by atoms with van der Waals surface area (Å²) < 4.78 is 1.85. The first-order chi connectivity index (χ1) is 16.4. The van der Waals surface area contributed by atoms with Crippen molar-refractivity contribution in [3.05, 3.63) is 41.7 Å². The van der Waals surface area contributed by atoms with Gasteiger partial charge in [0.05, 0.1) is 11.6 Å². The van der Waals surface area contributed by atoms with E-state index in [-0.39, 0.29) is 41.3 Å². The molecule has 8 nitrogen and oxygen atoms in total. The molecule has 0 aliphatic carbocycles. The highest BCUT2D eigenvalue weighted by molar-refractivity contribution is 5.91. The van der Waals surface area contributed by atoms with Crippen LogP contribution in [0.15, 0.2) is 30.3 Å². The average molecular weight is 484 g/mol. The van der Waals surface area contributed by atoms with Crippen molar-refractivity contribution in [1.29, 1.82) is 0 Å². The van der Waals surface area contributed by atoms with Crippen molar-refractivity contribution in [3.8, 4) is 0 Å². The number of nitrogens with one attached hydrogen (secondary N) is 1. The minimum Gasteiger partial charge on any atom is -0.346 e. The molecule has 0 saturated heterocycles. The lowest BCUT2D eigenvalue weighted by Crippen LogP contribution is -2.47. The normalized spacial score (nSPS) is 13.6. The van der Waals surface area contributed by atoms with Crippen LogP contribution in [0, 0.1) is 17.8 Å². The van der Waals surface area contributed by atoms with E-state index in [4.69, 9.17) is 0 Å². The standard InChI is InChI=1S/C27H41N5O3/c1-18(2)23(26(35)28-25(19(3)4)20(5)33)17-22(34)15-11-12-16-24-29-30-31-32(24)27(6,7)21-13-9-8-10-14-21/h8-10,13-14,18-19,23,25H,11-12,15-17H2,1-7H3,(H,28,35)/t23-,25-/m0/s1. The van der Waals surface area contributed by atoms with Crippen LogP contribution in [0.4, 0.5) is 0 Å². The number of hydrogen-bond acceptors (Lipinski definition) is 6. The number of hydrogen-bond donors (Lipinski definition) is 1. The van der Waals surface area contributed by atoms with Crippen LogP contribution in [-0.2, 0) is 26.3 Å². The lowest BCUT2D eigenvalue weighted by Gasteiger charge is -2.26. The predicted molar refractivity (Wildman–Crippen MR) is 136 cm³/mol. The molecule has 35 heavy (non-hydrogen) atoms. The molecule has 1 aromatic carbocycles. The topological polar surface area (TPSA) is 107 Å². The Morgan fingerprint density at radius 3 is 2.23 bits per heavy atom. The van der Waals surface area contributed by atoms with E-state index in [1.165, 1.54) is 6.92 Å². The fourth-order valence-corrected chi connectivity index (χ4v) is 4.35. The Morgan fingerprint density at radius 2 is 1.66 bits per heavy atom. The van der Waals surface area contributed by atoms with E-state index < -0.39 is 12.0 Å². The van der Waals surface area contributed by atoms with Gasteiger partial charge in [0, 0.05) is 25.2 Å². The van der Waals surface area contributed by atoms with Crippen LogP contribution in [0.25, 0.3) is 0 Å². The highest BCUT2D eigenvalue weighted by Crippen LogP contribution is 2.26. The number of ketones is 2. The van der Waals surface area contributed by atoms with Crippen LogP contribution >= 0.6 is 0 Å². The number of carbonyl (C=O) groups is 3. The van der Waals surface area contributed by atoms with E-state index in [0.29, 0.717) is 19.3 Å². The summed E-state index contributed by atoms with van der Waals surface area (Å²) in [6.07, 6.45) is 2.73. The van der Waals surface area contributed by atoms with E-state index in [1.54, 1.807) is 0 Å². The summed E-state index contributed by atoms with van der Waals surface area (Å²) in [5, 5.41) is 15.2. The number of nitrogens with zero attached hydrogens (tertiary/aromatic N) is 4. The first-order valence-electron chi connectivity index (χ1n) is 12.6. The molecule has 0 unspecified atom stereocenters. The van der Waals surface area contributed by atoms with Crippen LogP contribution in [-0.4, -0.2) is 43.7 Å². The molecule has 1 amide bonds. The molecule has 0 bridgehead atoms. The van der Waals surface area contributed by atoms with Crippen LogP contribution in [0.1, 0.15) is 85.5 Å². The molecule has 2 aromatic rings. The number of aryl methyl sites for hydroxylation is 1. The van der Waals surface area contributed by atoms with Gasteiger partial charge in [-0.15, -0.1) is 5.10 Å². The third-order valence-corrected chi connectivity index (χ3v) is 6.64. The van der Waals surface area contributed by atoms with Crippen molar-refractivity contribution >= 4 is 17.5 Å². The van der Waals surface area contributed by atoms with Crippen molar-refractivity contribution in [2.75, 3.05) is 0 Å². The fourth-order valence-electron chi connectivity index (χ4n) is 4.35. The minimum absolute atomic E-state index is 0.00312. The van der Waals surface area contributed by atoms with Crippen LogP contribution < -0.4 is 5.32 Å². The lowest BCUT2D eigenvalue weighted by atomic mass is 9.87. The molecule has 0 spiro atoms. The van der Waals surface area contributed by atoms with Crippen LogP contribution in [0.5, 0.6) is 0 Å². The van der Waals surface area contributed by atoms with Gasteiger partial charge in [0.25, 0.3) is 0 Å². The van der Waals surface area contributed by atoms with E-state index in [0.717, 1.165) is 17.8 Å². The van der Waals surface area contributed by atoms with Gasteiger partial charge in [-0.25, -0.2) is 4.68 Å². The summed E-state index contributed by atoms with van der Waals surface area (Å²) in [5.74, 6) is 0.125. The van der Waals surface area contributed by atoms with Gasteiger partial charge in [-0.2, -0.15) is 0 Å². The molecule has 1 aromatic heterocycles. The van der Waals surface area contributed by atoms with E-state index in [2.05, 4.69) is 46.8 Å². The lowest BCUT2D eigenvalue weighted by molar-refractivity contribution is -0.133. The second kappa shape index (κ2) is 12.7. The first kappa shape index (κ1) is 28.3. The molecule has 0 saturated carbocycles. The number of unbranched alkanes of at least 4 members (excludes halogenated alkanes) is 1. The number of benzene rings is 1. The van der Waals surface area contributed by atoms with E-state index >= 15 is 0 Å². The average Bonchev–Trinajstić information content (AvgIpc) is 3.28. The molecule has 0 radical (unpaired) electrons. The number of carbonyl (C=O) groups excluding carboxylic acids is 3. The van der Waals surface area contributed by atoms with Crippen molar-refractivity contribution in [1.82, 2.24) is 25.5 Å². The Balaban J connectivity index is 1.90. The maximum Gasteiger partial charge on any atom is 0.224 e. The van der Waals surface area contributed by atoms with Gasteiger partial charge in [-0.3, -0.25) is 14.4 Å². The van der Waals surface area contributed by atoms with Gasteiger partial charge in [0.15, 0.2) is 11.6 Å². The quantitative estimate of drug-likeness (QED) is 0.405. The number of tetrazole rings is 1. The van der Waals surface area contributed by atoms with E-state index in [9.17, 15) is 14.4 Å². The number of aromatic nitrogens is 4. The number of rotatable bonds is 14. The van der Waals surface area contributed by atoms with Crippen molar-refractivity contribution < 1.29 is 14.4 Å². The zero-order valence-corrected chi connectivity index (χ0v) is 22.2. The van der Waals surface area contributed by atoms with Crippen LogP contribution in [0.2, 0.25) is 0 Å². The molecule has 1 heterocycles. The highest BCUT2D eigenvalue weighted by atomic mass is 16.2. The zero-order chi connectivity index (χ0) is 26.2. The summed E-state index contributed by atoms with van der Waals surface area (Å²) >= 11 is 0. The number of Topliss-reactive ketones (excluding diaryl/α,β-unsaturated/α-hetero) is 2. The van der Waals surface area contributed by atoms with Gasteiger partial charge in [-0.1, -0.05) is 58.0 Å². The summed E-state index contributed by atoms with van der Waals surface area (Å²) in [6.45, 7) is 13.3. The summed E-state index contributed by atoms with van der Waals surface area (Å²) in [6, 6.07) is 9.58. The van der Waals surface area contributed by atoms with Crippen LogP contribution in [0.3, 0.4) is 0 Å². The smallest absolute Gasteiger partial charge is 0.224 e. The summed E-state index contributed by atoms with van der Waals surface area (Å²) in [7, 11) is 0. The second-order valence-electron chi connectivity index (χ2n) is 10.6. The third-order valence-electron chi connectivity index (χ3n) is 6.64. The predicted octanol–water partition coefficient (Wildman–Crippen LogP) is 4.13.